The van der Waals surface area contributed by atoms with Crippen LogP contribution < -0.4 is 0 Å². The van der Waals surface area contributed by atoms with Gasteiger partial charge in [0.15, 0.2) is 0 Å². The number of nitrogens with one attached hydrogen (secondary N) is 1. The lowest BCUT2D eigenvalue weighted by Gasteiger charge is -2.17. The number of benzene rings is 1. The van der Waals surface area contributed by atoms with E-state index in [1.165, 1.54) is 0 Å². The molecule has 0 saturated carbocycles. The zero-order valence-corrected chi connectivity index (χ0v) is 12.6. The Morgan fingerprint density at radius 3 is 2.89 bits per heavy atom. The van der Waals surface area contributed by atoms with E-state index in [1.54, 1.807) is 18.9 Å². The molecule has 0 aliphatic heterocycles. The maximum atomic E-state index is 12.2. The predicted molar refractivity (Wildman–Crippen MR) is 79.3 cm³/mol. The van der Waals surface area contributed by atoms with Crippen LogP contribution in [0, 0.1) is 0 Å². The topological polar surface area (TPSA) is 56.3 Å². The number of carbonyl (C=O) groups is 1. The van der Waals surface area contributed by atoms with Crippen molar-refractivity contribution in [1.29, 1.82) is 0 Å². The van der Waals surface area contributed by atoms with Gasteiger partial charge in [-0.1, -0.05) is 15.9 Å². The van der Waals surface area contributed by atoms with Crippen molar-refractivity contribution in [1.82, 2.24) is 9.88 Å². The predicted octanol–water partition coefficient (Wildman–Crippen LogP) is 2.77. The van der Waals surface area contributed by atoms with Crippen LogP contribution in [0.15, 0.2) is 28.7 Å². The molecule has 0 aliphatic rings. The first-order chi connectivity index (χ1) is 8.97. The molecule has 0 radical (unpaired) electrons. The van der Waals surface area contributed by atoms with Gasteiger partial charge in [0.1, 0.15) is 5.69 Å². The molecule has 0 fully saturated rings. The van der Waals surface area contributed by atoms with Gasteiger partial charge in [-0.05, 0) is 37.6 Å². The second-order valence-corrected chi connectivity index (χ2v) is 5.69. The molecule has 2 N–H and O–H groups in total. The normalized spacial score (nSPS) is 12.6. The number of halogens is 1. The minimum atomic E-state index is -0.395. The fraction of sp³-hybridized carbons (Fsp3) is 0.357. The van der Waals surface area contributed by atoms with E-state index in [1.807, 2.05) is 24.3 Å². The molecule has 0 spiro atoms. The third-order valence-corrected chi connectivity index (χ3v) is 3.54. The van der Waals surface area contributed by atoms with Gasteiger partial charge in [-0.3, -0.25) is 4.79 Å². The number of aromatic amines is 1. The van der Waals surface area contributed by atoms with Crippen LogP contribution in [-0.2, 0) is 0 Å². The number of aliphatic hydroxyl groups excluding tert-OH is 1. The number of nitrogens with zero attached hydrogens (tertiary/aromatic N) is 1. The molecule has 0 aliphatic carbocycles. The summed E-state index contributed by atoms with van der Waals surface area (Å²) < 4.78 is 0.987. The van der Waals surface area contributed by atoms with Crippen LogP contribution in [0.25, 0.3) is 10.9 Å². The number of aliphatic hydroxyl groups is 1. The Morgan fingerprint density at radius 2 is 2.21 bits per heavy atom. The molecular formula is C14H17BrN2O2. The molecule has 1 atom stereocenters. The third kappa shape index (κ3) is 3.36. The van der Waals surface area contributed by atoms with Crippen molar-refractivity contribution in [3.63, 3.8) is 0 Å². The van der Waals surface area contributed by atoms with E-state index in [0.717, 1.165) is 15.4 Å². The van der Waals surface area contributed by atoms with Crippen molar-refractivity contribution in [3.05, 3.63) is 34.4 Å². The van der Waals surface area contributed by atoms with Crippen LogP contribution in [0.4, 0.5) is 0 Å². The van der Waals surface area contributed by atoms with Gasteiger partial charge in [-0.2, -0.15) is 0 Å². The SMILES string of the molecule is CC(O)CCN(C)C(=O)c1cc2cc(Br)ccc2[nH]1. The van der Waals surface area contributed by atoms with Gasteiger partial charge in [0.05, 0.1) is 6.10 Å². The maximum absolute atomic E-state index is 12.2. The Labute approximate surface area is 120 Å². The Morgan fingerprint density at radius 1 is 1.47 bits per heavy atom. The molecule has 1 aromatic carbocycles. The molecule has 19 heavy (non-hydrogen) atoms. The van der Waals surface area contributed by atoms with Crippen molar-refractivity contribution in [3.8, 4) is 0 Å². The lowest BCUT2D eigenvalue weighted by Crippen LogP contribution is -2.29. The summed E-state index contributed by atoms with van der Waals surface area (Å²) in [4.78, 5) is 16.9. The summed E-state index contributed by atoms with van der Waals surface area (Å²) in [5, 5.41) is 10.2. The minimum absolute atomic E-state index is 0.0621. The Kier molecular flexibility index (Phi) is 4.27. The fourth-order valence-corrected chi connectivity index (χ4v) is 2.29. The van der Waals surface area contributed by atoms with Gasteiger partial charge in [-0.15, -0.1) is 0 Å². The number of H-pyrrole nitrogens is 1. The van der Waals surface area contributed by atoms with Gasteiger partial charge < -0.3 is 15.0 Å². The molecule has 1 unspecified atom stereocenters. The van der Waals surface area contributed by atoms with E-state index in [2.05, 4.69) is 20.9 Å². The minimum Gasteiger partial charge on any atom is -0.393 e. The quantitative estimate of drug-likeness (QED) is 0.908. The van der Waals surface area contributed by atoms with Crippen LogP contribution in [0.2, 0.25) is 0 Å². The van der Waals surface area contributed by atoms with Crippen molar-refractivity contribution in [2.24, 2.45) is 0 Å². The standard InChI is InChI=1S/C14H17BrN2O2/c1-9(18)5-6-17(2)14(19)13-8-10-7-11(15)3-4-12(10)16-13/h3-4,7-9,16,18H,5-6H2,1-2H3. The number of amides is 1. The highest BCUT2D eigenvalue weighted by molar-refractivity contribution is 9.10. The van der Waals surface area contributed by atoms with E-state index in [0.29, 0.717) is 18.7 Å². The van der Waals surface area contributed by atoms with E-state index in [9.17, 15) is 9.90 Å². The van der Waals surface area contributed by atoms with Crippen molar-refractivity contribution in [2.45, 2.75) is 19.4 Å². The summed E-state index contributed by atoms with van der Waals surface area (Å²) >= 11 is 3.41. The average molecular weight is 325 g/mol. The van der Waals surface area contributed by atoms with Crippen LogP contribution in [0.1, 0.15) is 23.8 Å². The Balaban J connectivity index is 2.16. The van der Waals surface area contributed by atoms with E-state index in [4.69, 9.17) is 0 Å². The number of hydrogen-bond acceptors (Lipinski definition) is 2. The first kappa shape index (κ1) is 14.1. The summed E-state index contributed by atoms with van der Waals surface area (Å²) in [6.45, 7) is 2.26. The molecule has 5 heteroatoms. The molecule has 1 heterocycles. The number of rotatable bonds is 4. The molecule has 0 saturated heterocycles. The van der Waals surface area contributed by atoms with Crippen LogP contribution in [0.5, 0.6) is 0 Å². The Hall–Kier alpha value is -1.33. The van der Waals surface area contributed by atoms with Crippen LogP contribution in [-0.4, -0.2) is 40.6 Å². The third-order valence-electron chi connectivity index (χ3n) is 3.04. The lowest BCUT2D eigenvalue weighted by molar-refractivity contribution is 0.0764. The van der Waals surface area contributed by atoms with Crippen LogP contribution in [0.3, 0.4) is 0 Å². The molecule has 4 nitrogen and oxygen atoms in total. The molecule has 1 amide bonds. The van der Waals surface area contributed by atoms with Gasteiger partial charge in [0, 0.05) is 29.0 Å². The van der Waals surface area contributed by atoms with Gasteiger partial charge in [-0.25, -0.2) is 0 Å². The summed E-state index contributed by atoms with van der Waals surface area (Å²) in [7, 11) is 1.74. The van der Waals surface area contributed by atoms with Crippen LogP contribution >= 0.6 is 15.9 Å². The van der Waals surface area contributed by atoms with E-state index in [-0.39, 0.29) is 5.91 Å². The Bertz CT molecular complexity index is 592. The molecule has 102 valence electrons. The maximum Gasteiger partial charge on any atom is 0.270 e. The fourth-order valence-electron chi connectivity index (χ4n) is 1.91. The number of fused-ring (bicyclic) bond motifs is 1. The number of carbonyl (C=O) groups excluding carboxylic acids is 1. The van der Waals surface area contributed by atoms with E-state index >= 15 is 0 Å². The smallest absolute Gasteiger partial charge is 0.270 e. The highest BCUT2D eigenvalue weighted by Gasteiger charge is 2.14. The van der Waals surface area contributed by atoms with Gasteiger partial charge in [0.25, 0.3) is 5.91 Å². The summed E-state index contributed by atoms with van der Waals surface area (Å²) in [5.41, 5.74) is 1.51. The van der Waals surface area contributed by atoms with Gasteiger partial charge in [0.2, 0.25) is 0 Å². The zero-order valence-electron chi connectivity index (χ0n) is 11.0. The first-order valence-corrected chi connectivity index (χ1v) is 6.98. The highest BCUT2D eigenvalue weighted by Crippen LogP contribution is 2.21. The highest BCUT2D eigenvalue weighted by atomic mass is 79.9. The lowest BCUT2D eigenvalue weighted by atomic mass is 10.2. The average Bonchev–Trinajstić information content (AvgIpc) is 2.77. The molecule has 1 aromatic heterocycles. The first-order valence-electron chi connectivity index (χ1n) is 6.19. The van der Waals surface area contributed by atoms with E-state index < -0.39 is 6.10 Å². The molecule has 0 bridgehead atoms. The van der Waals surface area contributed by atoms with Crippen molar-refractivity contribution >= 4 is 32.7 Å². The summed E-state index contributed by atoms with van der Waals surface area (Å²) in [5.74, 6) is -0.0621. The van der Waals surface area contributed by atoms with Crippen molar-refractivity contribution < 1.29 is 9.90 Å². The summed E-state index contributed by atoms with van der Waals surface area (Å²) in [6.07, 6.45) is 0.183. The largest absolute Gasteiger partial charge is 0.393 e. The second-order valence-electron chi connectivity index (χ2n) is 4.78. The monoisotopic (exact) mass is 324 g/mol. The van der Waals surface area contributed by atoms with Crippen molar-refractivity contribution in [2.75, 3.05) is 13.6 Å². The summed E-state index contributed by atoms with van der Waals surface area (Å²) in [6, 6.07) is 7.69. The molecule has 2 rings (SSSR count). The second kappa shape index (κ2) is 5.75. The number of hydrogen-bond donors (Lipinski definition) is 2. The molecular weight excluding hydrogens is 308 g/mol. The zero-order chi connectivity index (χ0) is 14.0. The number of aromatic nitrogens is 1. The molecule has 2 aromatic rings. The van der Waals surface area contributed by atoms with Gasteiger partial charge >= 0.3 is 0 Å².